The highest BCUT2D eigenvalue weighted by Crippen LogP contribution is 2.19. The number of aryl methyl sites for hydroxylation is 1. The number of benzene rings is 1. The third kappa shape index (κ3) is 6.62. The fraction of sp³-hybridized carbons (Fsp3) is 0.435. The van der Waals surface area contributed by atoms with Crippen LogP contribution in [0.4, 0.5) is 4.39 Å². The van der Waals surface area contributed by atoms with Gasteiger partial charge < -0.3 is 25.6 Å². The van der Waals surface area contributed by atoms with Crippen LogP contribution >= 0.6 is 0 Å². The van der Waals surface area contributed by atoms with Crippen molar-refractivity contribution in [2.24, 2.45) is 5.92 Å². The monoisotopic (exact) mass is 471 g/mol. The predicted molar refractivity (Wildman–Crippen MR) is 116 cm³/mol. The van der Waals surface area contributed by atoms with Crippen molar-refractivity contribution in [1.29, 1.82) is 5.26 Å². The molecule has 1 saturated heterocycles. The van der Waals surface area contributed by atoms with Crippen molar-refractivity contribution in [2.45, 2.75) is 50.8 Å². The standard InChI is InChI=1S/C23H26FN5O5/c1-13-9-19(29-34-13)23(33)28-18(10-14-4-6-16(24)7-5-14)22(32)27-17(20(30)12-25)11-15-3-2-8-26-21(15)31/h4-7,9,15,17-18,20,30H,2-3,8,10-11H2,1H3,(H,26,31)(H,27,32)(H,28,33)/t15-,17-,18-,20?/m0/s1. The van der Waals surface area contributed by atoms with Crippen LogP contribution in [-0.4, -0.2) is 52.7 Å². The summed E-state index contributed by atoms with van der Waals surface area (Å²) in [5.74, 6) is -2.04. The number of nitriles is 1. The van der Waals surface area contributed by atoms with E-state index in [1.165, 1.54) is 30.3 Å². The summed E-state index contributed by atoms with van der Waals surface area (Å²) in [4.78, 5) is 37.9. The summed E-state index contributed by atoms with van der Waals surface area (Å²) in [6.45, 7) is 2.17. The van der Waals surface area contributed by atoms with Crippen molar-refractivity contribution in [3.8, 4) is 6.07 Å². The first kappa shape index (κ1) is 24.9. The normalized spacial score (nSPS) is 18.2. The number of piperidine rings is 1. The maximum Gasteiger partial charge on any atom is 0.274 e. The Hall–Kier alpha value is -3.78. The number of carbonyl (C=O) groups is 3. The Morgan fingerprint density at radius 3 is 2.71 bits per heavy atom. The number of rotatable bonds is 9. The molecule has 10 nitrogen and oxygen atoms in total. The van der Waals surface area contributed by atoms with E-state index >= 15 is 0 Å². The van der Waals surface area contributed by atoms with Crippen molar-refractivity contribution >= 4 is 17.7 Å². The van der Waals surface area contributed by atoms with Crippen molar-refractivity contribution in [3.05, 3.63) is 53.2 Å². The molecule has 180 valence electrons. The molecule has 0 spiro atoms. The molecule has 1 aliphatic rings. The lowest BCUT2D eigenvalue weighted by atomic mass is 9.89. The molecule has 3 amide bonds. The maximum absolute atomic E-state index is 13.3. The van der Waals surface area contributed by atoms with Gasteiger partial charge >= 0.3 is 0 Å². The van der Waals surface area contributed by atoms with Crippen LogP contribution in [0.2, 0.25) is 0 Å². The van der Waals surface area contributed by atoms with Gasteiger partial charge in [0.15, 0.2) is 11.8 Å². The van der Waals surface area contributed by atoms with Crippen LogP contribution in [0.3, 0.4) is 0 Å². The summed E-state index contributed by atoms with van der Waals surface area (Å²) in [5.41, 5.74) is 0.545. The second kappa shape index (κ2) is 11.4. The third-order valence-corrected chi connectivity index (χ3v) is 5.61. The van der Waals surface area contributed by atoms with Crippen molar-refractivity contribution in [3.63, 3.8) is 0 Å². The second-order valence-corrected chi connectivity index (χ2v) is 8.23. The zero-order valence-electron chi connectivity index (χ0n) is 18.6. The Balaban J connectivity index is 1.78. The summed E-state index contributed by atoms with van der Waals surface area (Å²) >= 11 is 0. The predicted octanol–water partition coefficient (Wildman–Crippen LogP) is 0.749. The number of aliphatic hydroxyl groups excluding tert-OH is 1. The van der Waals surface area contributed by atoms with Crippen LogP contribution in [0.25, 0.3) is 0 Å². The molecule has 34 heavy (non-hydrogen) atoms. The highest BCUT2D eigenvalue weighted by molar-refractivity contribution is 5.96. The number of nitrogens with one attached hydrogen (secondary N) is 3. The highest BCUT2D eigenvalue weighted by Gasteiger charge is 2.32. The molecule has 1 aromatic heterocycles. The van der Waals surface area contributed by atoms with Gasteiger partial charge in [-0.15, -0.1) is 0 Å². The van der Waals surface area contributed by atoms with Gasteiger partial charge in [-0.2, -0.15) is 5.26 Å². The first-order chi connectivity index (χ1) is 16.3. The fourth-order valence-corrected chi connectivity index (χ4v) is 3.78. The van der Waals surface area contributed by atoms with Gasteiger partial charge in [0.1, 0.15) is 17.6 Å². The number of hydrogen-bond donors (Lipinski definition) is 4. The van der Waals surface area contributed by atoms with E-state index in [1.807, 2.05) is 0 Å². The first-order valence-electron chi connectivity index (χ1n) is 10.9. The Morgan fingerprint density at radius 1 is 1.35 bits per heavy atom. The van der Waals surface area contributed by atoms with Crippen LogP contribution in [0, 0.1) is 30.0 Å². The van der Waals surface area contributed by atoms with E-state index in [0.717, 1.165) is 6.42 Å². The molecule has 0 aliphatic carbocycles. The van der Waals surface area contributed by atoms with Gasteiger partial charge in [0.2, 0.25) is 11.8 Å². The minimum absolute atomic E-state index is 0.00791. The number of halogens is 1. The third-order valence-electron chi connectivity index (χ3n) is 5.61. The molecule has 1 unspecified atom stereocenters. The first-order valence-corrected chi connectivity index (χ1v) is 10.9. The van der Waals surface area contributed by atoms with Gasteiger partial charge in [-0.25, -0.2) is 4.39 Å². The van der Waals surface area contributed by atoms with Crippen LogP contribution in [0.15, 0.2) is 34.9 Å². The van der Waals surface area contributed by atoms with Crippen LogP contribution in [-0.2, 0) is 16.0 Å². The van der Waals surface area contributed by atoms with Gasteiger partial charge in [0.05, 0.1) is 12.1 Å². The average molecular weight is 471 g/mol. The SMILES string of the molecule is Cc1cc(C(=O)N[C@@H](Cc2ccc(F)cc2)C(=O)N[C@@H](C[C@@H]2CCCNC2=O)C(O)C#N)no1. The Labute approximate surface area is 195 Å². The number of nitrogens with zero attached hydrogens (tertiary/aromatic N) is 2. The van der Waals surface area contributed by atoms with Gasteiger partial charge in [-0.1, -0.05) is 17.3 Å². The Kier molecular flexibility index (Phi) is 8.32. The molecule has 0 bridgehead atoms. The number of aromatic nitrogens is 1. The molecule has 0 saturated carbocycles. The average Bonchev–Trinajstić information content (AvgIpc) is 3.26. The number of carbonyl (C=O) groups excluding carboxylic acids is 3. The van der Waals surface area contributed by atoms with Crippen LogP contribution in [0.1, 0.15) is 41.1 Å². The van der Waals surface area contributed by atoms with E-state index in [4.69, 9.17) is 4.52 Å². The van der Waals surface area contributed by atoms with Gasteiger partial charge in [0, 0.05) is 24.9 Å². The van der Waals surface area contributed by atoms with E-state index < -0.39 is 41.7 Å². The maximum atomic E-state index is 13.3. The number of aliphatic hydroxyl groups is 1. The summed E-state index contributed by atoms with van der Waals surface area (Å²) in [6.07, 6.45) is -0.170. The molecular formula is C23H26FN5O5. The summed E-state index contributed by atoms with van der Waals surface area (Å²) in [5, 5.41) is 31.0. The van der Waals surface area contributed by atoms with Gasteiger partial charge in [-0.3, -0.25) is 14.4 Å². The van der Waals surface area contributed by atoms with Gasteiger partial charge in [0.25, 0.3) is 5.91 Å². The van der Waals surface area contributed by atoms with E-state index in [1.54, 1.807) is 13.0 Å². The molecule has 0 radical (unpaired) electrons. The molecule has 4 atom stereocenters. The zero-order chi connectivity index (χ0) is 24.7. The second-order valence-electron chi connectivity index (χ2n) is 8.23. The van der Waals surface area contributed by atoms with E-state index in [-0.39, 0.29) is 24.4 Å². The molecule has 1 fully saturated rings. The van der Waals surface area contributed by atoms with E-state index in [0.29, 0.717) is 24.3 Å². The lowest BCUT2D eigenvalue weighted by Gasteiger charge is -2.29. The largest absolute Gasteiger partial charge is 0.376 e. The summed E-state index contributed by atoms with van der Waals surface area (Å²) < 4.78 is 18.2. The molecule has 2 heterocycles. The Morgan fingerprint density at radius 2 is 2.09 bits per heavy atom. The molecule has 2 aromatic rings. The number of hydrogen-bond acceptors (Lipinski definition) is 7. The molecule has 11 heteroatoms. The smallest absolute Gasteiger partial charge is 0.274 e. The van der Waals surface area contributed by atoms with E-state index in [9.17, 15) is 29.1 Å². The van der Waals surface area contributed by atoms with Crippen LogP contribution in [0.5, 0.6) is 0 Å². The van der Waals surface area contributed by atoms with Crippen molar-refractivity contribution in [2.75, 3.05) is 6.54 Å². The van der Waals surface area contributed by atoms with Crippen LogP contribution < -0.4 is 16.0 Å². The van der Waals surface area contributed by atoms with Gasteiger partial charge in [-0.05, 0) is 43.9 Å². The molecule has 1 aliphatic heterocycles. The lowest BCUT2D eigenvalue weighted by molar-refractivity contribution is -0.129. The highest BCUT2D eigenvalue weighted by atomic mass is 19.1. The van der Waals surface area contributed by atoms with Crippen molar-refractivity contribution in [1.82, 2.24) is 21.1 Å². The van der Waals surface area contributed by atoms with E-state index in [2.05, 4.69) is 21.1 Å². The van der Waals surface area contributed by atoms with Crippen molar-refractivity contribution < 1.29 is 28.4 Å². The topological polar surface area (TPSA) is 157 Å². The fourth-order valence-electron chi connectivity index (χ4n) is 3.78. The zero-order valence-corrected chi connectivity index (χ0v) is 18.6. The summed E-state index contributed by atoms with van der Waals surface area (Å²) in [7, 11) is 0. The lowest BCUT2D eigenvalue weighted by Crippen LogP contribution is -2.54. The minimum Gasteiger partial charge on any atom is -0.376 e. The Bertz CT molecular complexity index is 1060. The molecule has 1 aromatic carbocycles. The molecule has 3 rings (SSSR count). The number of amides is 3. The molecular weight excluding hydrogens is 445 g/mol. The summed E-state index contributed by atoms with van der Waals surface area (Å²) in [6, 6.07) is 6.37. The molecule has 4 N–H and O–H groups in total. The quantitative estimate of drug-likeness (QED) is 0.393. The minimum atomic E-state index is -1.56.